The van der Waals surface area contributed by atoms with Gasteiger partial charge in [-0.3, -0.25) is 0 Å². The molecule has 3 fully saturated rings. The molecule has 0 aliphatic heterocycles. The Morgan fingerprint density at radius 2 is 1.48 bits per heavy atom. The van der Waals surface area contributed by atoms with Crippen molar-refractivity contribution in [2.24, 2.45) is 0 Å². The van der Waals surface area contributed by atoms with Gasteiger partial charge < -0.3 is 26.2 Å². The van der Waals surface area contributed by atoms with E-state index in [9.17, 15) is 18.6 Å². The largest absolute Gasteiger partial charge is 0.390 e. The van der Waals surface area contributed by atoms with Crippen LogP contribution >= 0.6 is 0 Å². The van der Waals surface area contributed by atoms with Gasteiger partial charge in [0.15, 0.2) is 5.82 Å². The highest BCUT2D eigenvalue weighted by atomic mass is 32.2. The Kier molecular flexibility index (Phi) is 8.54. The molecule has 48 heavy (non-hydrogen) atoms. The summed E-state index contributed by atoms with van der Waals surface area (Å²) in [6.07, 6.45) is 15.5. The molecule has 0 amide bonds. The molecule has 3 aliphatic rings. The number of hydrogen-bond donors (Lipinski definition) is 5. The lowest BCUT2D eigenvalue weighted by Crippen LogP contribution is -2.36. The summed E-state index contributed by atoms with van der Waals surface area (Å²) in [6, 6.07) is 5.84. The van der Waals surface area contributed by atoms with E-state index in [-0.39, 0.29) is 17.3 Å². The van der Waals surface area contributed by atoms with Gasteiger partial charge in [0, 0.05) is 48.0 Å². The summed E-state index contributed by atoms with van der Waals surface area (Å²) in [6.45, 7) is 3.77. The second-order valence-corrected chi connectivity index (χ2v) is 16.0. The maximum Gasteiger partial charge on any atom is 0.256 e. The molecule has 14 nitrogen and oxygen atoms in total. The molecular weight excluding hydrogens is 632 g/mol. The third-order valence-electron chi connectivity index (χ3n) is 9.59. The second kappa shape index (κ2) is 12.7. The van der Waals surface area contributed by atoms with Crippen LogP contribution in [0.25, 0.3) is 22.6 Å². The van der Waals surface area contributed by atoms with Crippen molar-refractivity contribution in [2.75, 3.05) is 16.0 Å². The van der Waals surface area contributed by atoms with E-state index in [1.54, 1.807) is 24.7 Å². The maximum atomic E-state index is 12.6. The summed E-state index contributed by atoms with van der Waals surface area (Å²) in [7, 11) is -3.50. The number of aliphatic hydroxyl groups is 2. The Morgan fingerprint density at radius 1 is 0.812 bits per heavy atom. The zero-order chi connectivity index (χ0) is 33.5. The highest BCUT2D eigenvalue weighted by molar-refractivity contribution is 7.90. The standard InChI is InChI=1S/C33H42N10O4S/c1-32(44)11-5-22(6-12-32)38-27-17-29(36-19-25(27)26-9-15-35-31(40-26)39-23-7-13-33(2,45)14-8-23)41-28-10-16-34-30(42-28)21-18-37-43(20-21)48(46,47)24-3-4-24/h9-10,15-20,22-24,44-45H,3-8,11-14H2,1-2H3,(H,35,39,40)(H2,34,36,38,41,42). The number of rotatable bonds is 10. The molecule has 0 radical (unpaired) electrons. The SMILES string of the molecule is CC1(O)CCC(Nc2nccc(-c3cnc(Nc4ccnc(-c5cnn(S(=O)(=O)C6CC6)c5)n4)cc3NC3CCC(C)(O)CC3)n2)CC1. The first-order chi connectivity index (χ1) is 22.9. The summed E-state index contributed by atoms with van der Waals surface area (Å²) < 4.78 is 26.2. The van der Waals surface area contributed by atoms with Crippen LogP contribution in [0.4, 0.5) is 23.3 Å². The van der Waals surface area contributed by atoms with E-state index in [1.165, 1.54) is 12.4 Å². The third kappa shape index (κ3) is 7.42. The molecule has 5 N–H and O–H groups in total. The van der Waals surface area contributed by atoms with Crippen molar-refractivity contribution in [3.8, 4) is 22.6 Å². The Morgan fingerprint density at radius 3 is 2.17 bits per heavy atom. The van der Waals surface area contributed by atoms with Gasteiger partial charge in [-0.1, -0.05) is 0 Å². The van der Waals surface area contributed by atoms with Crippen LogP contribution < -0.4 is 16.0 Å². The molecule has 3 saturated carbocycles. The average molecular weight is 675 g/mol. The molecule has 0 spiro atoms. The topological polar surface area (TPSA) is 193 Å². The number of nitrogens with one attached hydrogen (secondary N) is 3. The van der Waals surface area contributed by atoms with Gasteiger partial charge in [0.2, 0.25) is 5.95 Å². The lowest BCUT2D eigenvalue weighted by atomic mass is 9.83. The van der Waals surface area contributed by atoms with Crippen LogP contribution in [0.3, 0.4) is 0 Å². The Bertz CT molecular complexity index is 1870. The highest BCUT2D eigenvalue weighted by Crippen LogP contribution is 2.35. The number of aromatic nitrogens is 7. The molecule has 0 aromatic carbocycles. The zero-order valence-corrected chi connectivity index (χ0v) is 28.0. The average Bonchev–Trinajstić information content (AvgIpc) is 3.80. The van der Waals surface area contributed by atoms with Crippen LogP contribution in [0.2, 0.25) is 0 Å². The lowest BCUT2D eigenvalue weighted by Gasteiger charge is -2.34. The molecule has 4 aromatic rings. The minimum Gasteiger partial charge on any atom is -0.390 e. The van der Waals surface area contributed by atoms with Crippen molar-refractivity contribution in [1.29, 1.82) is 0 Å². The van der Waals surface area contributed by atoms with Gasteiger partial charge in [0.1, 0.15) is 11.6 Å². The van der Waals surface area contributed by atoms with Crippen LogP contribution in [0.5, 0.6) is 0 Å². The smallest absolute Gasteiger partial charge is 0.256 e. The third-order valence-corrected chi connectivity index (χ3v) is 11.6. The van der Waals surface area contributed by atoms with Crippen LogP contribution in [-0.4, -0.2) is 81.3 Å². The van der Waals surface area contributed by atoms with E-state index >= 15 is 0 Å². The van der Waals surface area contributed by atoms with E-state index in [0.29, 0.717) is 60.3 Å². The molecule has 15 heteroatoms. The molecule has 0 atom stereocenters. The van der Waals surface area contributed by atoms with Crippen molar-refractivity contribution in [1.82, 2.24) is 34.1 Å². The number of hydrogen-bond acceptors (Lipinski definition) is 13. The zero-order valence-electron chi connectivity index (χ0n) is 27.2. The van der Waals surface area contributed by atoms with Crippen molar-refractivity contribution in [3.63, 3.8) is 0 Å². The molecule has 0 unspecified atom stereocenters. The van der Waals surface area contributed by atoms with Crippen LogP contribution in [0.15, 0.2) is 49.2 Å². The maximum absolute atomic E-state index is 12.6. The molecule has 4 aromatic heterocycles. The fourth-order valence-corrected chi connectivity index (χ4v) is 7.85. The number of nitrogens with zero attached hydrogens (tertiary/aromatic N) is 7. The minimum absolute atomic E-state index is 0.155. The Hall–Kier alpha value is -4.21. The number of anilines is 4. The fraction of sp³-hybridized carbons (Fsp3) is 0.515. The summed E-state index contributed by atoms with van der Waals surface area (Å²) >= 11 is 0. The van der Waals surface area contributed by atoms with E-state index in [4.69, 9.17) is 9.97 Å². The lowest BCUT2D eigenvalue weighted by molar-refractivity contribution is 0.0192. The van der Waals surface area contributed by atoms with Crippen molar-refractivity contribution in [3.05, 3.63) is 49.2 Å². The van der Waals surface area contributed by atoms with Crippen molar-refractivity contribution >= 4 is 33.3 Å². The second-order valence-electron chi connectivity index (χ2n) is 13.9. The Balaban J connectivity index is 1.13. The number of pyridine rings is 1. The van der Waals surface area contributed by atoms with Gasteiger partial charge in [-0.2, -0.15) is 9.19 Å². The van der Waals surface area contributed by atoms with Crippen LogP contribution in [0, 0.1) is 0 Å². The minimum atomic E-state index is -3.50. The highest BCUT2D eigenvalue weighted by Gasteiger charge is 2.38. The predicted molar refractivity (Wildman–Crippen MR) is 182 cm³/mol. The first-order valence-electron chi connectivity index (χ1n) is 16.6. The normalized spacial score (nSPS) is 26.2. The first-order valence-corrected chi connectivity index (χ1v) is 18.1. The van der Waals surface area contributed by atoms with E-state index in [2.05, 4.69) is 36.0 Å². The predicted octanol–water partition coefficient (Wildman–Crippen LogP) is 4.49. The molecule has 7 rings (SSSR count). The molecule has 254 valence electrons. The van der Waals surface area contributed by atoms with Gasteiger partial charge in [0.05, 0.1) is 40.1 Å². The van der Waals surface area contributed by atoms with Gasteiger partial charge in [-0.25, -0.2) is 33.3 Å². The summed E-state index contributed by atoms with van der Waals surface area (Å²) in [5.41, 5.74) is 1.57. The fourth-order valence-electron chi connectivity index (χ4n) is 6.37. The molecule has 3 aliphatic carbocycles. The van der Waals surface area contributed by atoms with Gasteiger partial charge in [-0.05, 0) is 90.2 Å². The summed E-state index contributed by atoms with van der Waals surface area (Å²) in [5.74, 6) is 1.90. The summed E-state index contributed by atoms with van der Waals surface area (Å²) in [5, 5.41) is 35.0. The van der Waals surface area contributed by atoms with Crippen LogP contribution in [-0.2, 0) is 10.0 Å². The molecule has 4 heterocycles. The monoisotopic (exact) mass is 674 g/mol. The molecular formula is C33H42N10O4S. The van der Waals surface area contributed by atoms with E-state index in [1.807, 2.05) is 26.0 Å². The summed E-state index contributed by atoms with van der Waals surface area (Å²) in [4.78, 5) is 23.0. The van der Waals surface area contributed by atoms with Crippen molar-refractivity contribution in [2.45, 2.75) is 107 Å². The Labute approximate surface area is 279 Å². The van der Waals surface area contributed by atoms with E-state index < -0.39 is 21.2 Å². The van der Waals surface area contributed by atoms with Gasteiger partial charge in [0.25, 0.3) is 10.0 Å². The first kappa shape index (κ1) is 32.3. The molecule has 0 bridgehead atoms. The van der Waals surface area contributed by atoms with E-state index in [0.717, 1.165) is 53.9 Å². The quantitative estimate of drug-likeness (QED) is 0.158. The van der Waals surface area contributed by atoms with Crippen molar-refractivity contribution < 1.29 is 18.6 Å². The molecule has 0 saturated heterocycles. The van der Waals surface area contributed by atoms with Gasteiger partial charge in [-0.15, -0.1) is 0 Å². The van der Waals surface area contributed by atoms with Crippen LogP contribution in [0.1, 0.15) is 78.1 Å². The van der Waals surface area contributed by atoms with Gasteiger partial charge >= 0.3 is 0 Å².